The predicted octanol–water partition coefficient (Wildman–Crippen LogP) is 6.42. The van der Waals surface area contributed by atoms with Crippen LogP contribution in [0.3, 0.4) is 0 Å². The molecule has 0 spiro atoms. The van der Waals surface area contributed by atoms with Crippen LogP contribution in [0.25, 0.3) is 0 Å². The second-order valence-corrected chi connectivity index (χ2v) is 14.0. The van der Waals surface area contributed by atoms with Gasteiger partial charge in [-0.25, -0.2) is 15.3 Å². The monoisotopic (exact) mass is 674 g/mol. The van der Waals surface area contributed by atoms with Crippen LogP contribution in [0.5, 0.6) is 5.75 Å². The molecule has 0 aliphatic heterocycles. The van der Waals surface area contributed by atoms with Crippen molar-refractivity contribution in [1.29, 1.82) is 0 Å². The van der Waals surface area contributed by atoms with Crippen molar-refractivity contribution >= 4 is 7.12 Å². The molecule has 0 saturated heterocycles. The summed E-state index contributed by atoms with van der Waals surface area (Å²) in [5.41, 5.74) is 5.60. The van der Waals surface area contributed by atoms with Gasteiger partial charge in [-0.1, -0.05) is 101 Å². The molecule has 43 heavy (non-hydrogen) atoms. The van der Waals surface area contributed by atoms with Crippen molar-refractivity contribution in [1.82, 2.24) is 29.1 Å². The third-order valence-electron chi connectivity index (χ3n) is 7.27. The minimum Gasteiger partial charge on any atom is -2.00 e. The van der Waals surface area contributed by atoms with Crippen molar-refractivity contribution < 1.29 is 37.1 Å². The number of rotatable bonds is 6. The SMILES string of the molecule is CC(C)(C)c1cc([O-])cc(C(C)(C)C)c1.CC(C)c1ccn([BH-](n2ccc(C(C)C)n2)n2ccc(C(C)C)n2)n1.[Mo].[O-2].[O-2]. The molecule has 0 aliphatic rings. The number of hydrogen-bond acceptors (Lipinski definition) is 4. The van der Waals surface area contributed by atoms with Crippen molar-refractivity contribution in [3.05, 3.63) is 83.2 Å². The van der Waals surface area contributed by atoms with Crippen LogP contribution in [-0.2, 0) is 42.8 Å². The van der Waals surface area contributed by atoms with Crippen LogP contribution >= 0.6 is 0 Å². The maximum absolute atomic E-state index is 11.6. The molecule has 1 aromatic carbocycles. The van der Waals surface area contributed by atoms with Gasteiger partial charge < -0.3 is 29.8 Å². The first-order chi connectivity index (χ1) is 18.5. The summed E-state index contributed by atoms with van der Waals surface area (Å²) in [5, 5.41) is 26.0. The summed E-state index contributed by atoms with van der Waals surface area (Å²) in [6.07, 6.45) is 6.13. The van der Waals surface area contributed by atoms with Gasteiger partial charge in [0.25, 0.3) is 0 Å². The minimum absolute atomic E-state index is 0. The van der Waals surface area contributed by atoms with Crippen molar-refractivity contribution in [3.63, 3.8) is 0 Å². The molecule has 0 radical (unpaired) electrons. The Morgan fingerprint density at radius 3 is 1.07 bits per heavy atom. The van der Waals surface area contributed by atoms with Crippen molar-refractivity contribution in [2.75, 3.05) is 0 Å². The van der Waals surface area contributed by atoms with Gasteiger partial charge in [-0.3, -0.25) is 0 Å². The number of nitrogens with zero attached hydrogens (tertiary/aromatic N) is 6. The maximum Gasteiger partial charge on any atom is 0.326 e. The molecular weight excluding hydrogens is 623 g/mol. The minimum atomic E-state index is -1.27. The van der Waals surface area contributed by atoms with E-state index in [0.717, 1.165) is 28.2 Å². The molecule has 0 unspecified atom stereocenters. The van der Waals surface area contributed by atoms with Crippen molar-refractivity contribution in [2.24, 2.45) is 0 Å². The molecule has 0 N–H and O–H groups in total. The van der Waals surface area contributed by atoms with Gasteiger partial charge in [0, 0.05) is 21.1 Å². The summed E-state index contributed by atoms with van der Waals surface area (Å²) in [5.74, 6) is 1.31. The van der Waals surface area contributed by atoms with E-state index in [4.69, 9.17) is 15.3 Å². The Hall–Kier alpha value is -2.68. The quantitative estimate of drug-likeness (QED) is 0.219. The largest absolute Gasteiger partial charge is 2.00 e. The van der Waals surface area contributed by atoms with Crippen molar-refractivity contribution in [3.8, 4) is 5.75 Å². The second kappa shape index (κ2) is 15.9. The maximum atomic E-state index is 11.6. The molecule has 0 atom stereocenters. The van der Waals surface area contributed by atoms with Gasteiger partial charge >= 0.3 is 7.12 Å². The molecule has 3 aromatic heterocycles. The third kappa shape index (κ3) is 10.5. The Balaban J connectivity index is 0.000000855. The molecule has 11 heteroatoms. The van der Waals surface area contributed by atoms with E-state index in [-0.39, 0.29) is 48.6 Å². The Bertz CT molecular complexity index is 1250. The molecular formula is C32H49BMoN6O3-6. The molecule has 0 fully saturated rings. The first-order valence-electron chi connectivity index (χ1n) is 14.6. The fourth-order valence-corrected chi connectivity index (χ4v) is 4.44. The zero-order chi connectivity index (χ0) is 30.0. The van der Waals surface area contributed by atoms with Crippen molar-refractivity contribution in [2.45, 2.75) is 112 Å². The summed E-state index contributed by atoms with van der Waals surface area (Å²) in [7, 11) is -1.27. The Kier molecular flexibility index (Phi) is 14.9. The Labute approximate surface area is 273 Å². The van der Waals surface area contributed by atoms with E-state index in [2.05, 4.69) is 107 Å². The topological polar surface area (TPSA) is 134 Å². The van der Waals surface area contributed by atoms with E-state index in [1.165, 1.54) is 0 Å². The second-order valence-electron chi connectivity index (χ2n) is 14.0. The van der Waals surface area contributed by atoms with Crippen LogP contribution in [0.15, 0.2) is 55.0 Å². The molecule has 240 valence electrons. The van der Waals surface area contributed by atoms with Gasteiger partial charge in [0.2, 0.25) is 0 Å². The van der Waals surface area contributed by atoms with Crippen LogP contribution in [-0.4, -0.2) is 36.2 Å². The Morgan fingerprint density at radius 2 is 0.860 bits per heavy atom. The van der Waals surface area contributed by atoms with E-state index in [9.17, 15) is 5.11 Å². The van der Waals surface area contributed by atoms with Crippen LogP contribution in [0.1, 0.15) is 129 Å². The van der Waals surface area contributed by atoms with Gasteiger partial charge in [-0.05, 0) is 76.5 Å². The summed E-state index contributed by atoms with van der Waals surface area (Å²) in [4.78, 5) is 0. The molecule has 4 rings (SSSR count). The number of aromatic nitrogens is 6. The Morgan fingerprint density at radius 1 is 0.581 bits per heavy atom. The van der Waals surface area contributed by atoms with E-state index in [1.807, 2.05) is 32.4 Å². The molecule has 0 saturated carbocycles. The standard InChI is InChI=1S/C18H28BN6.C14H22O.Mo.2O/c1-13(2)16-7-10-23(20-16)19(24-11-8-17(21-24)14(3)4)25-12-9-18(22-25)15(5)6;1-13(2,3)10-7-11(14(4,5)6)9-12(15)8-10;;;/h7-15,19H,1-6H3;7-9,15H,1-6H3;;;/q-1;;;2*-2/p-1. The van der Waals surface area contributed by atoms with E-state index in [0.29, 0.717) is 17.8 Å². The molecule has 0 bridgehead atoms. The third-order valence-corrected chi connectivity index (χ3v) is 7.27. The van der Waals surface area contributed by atoms with Crippen LogP contribution < -0.4 is 5.11 Å². The van der Waals surface area contributed by atoms with E-state index >= 15 is 0 Å². The first-order valence-corrected chi connectivity index (χ1v) is 14.6. The van der Waals surface area contributed by atoms with Gasteiger partial charge in [0.15, 0.2) is 0 Å². The van der Waals surface area contributed by atoms with Gasteiger partial charge in [-0.2, -0.15) is 0 Å². The zero-order valence-electron chi connectivity index (χ0n) is 28.0. The summed E-state index contributed by atoms with van der Waals surface area (Å²) in [6, 6.07) is 11.9. The van der Waals surface area contributed by atoms with E-state index < -0.39 is 7.12 Å². The predicted molar refractivity (Wildman–Crippen MR) is 167 cm³/mol. The first kappa shape index (κ1) is 40.3. The summed E-state index contributed by atoms with van der Waals surface area (Å²) < 4.78 is 6.05. The van der Waals surface area contributed by atoms with Gasteiger partial charge in [-0.15, -0.1) is 5.75 Å². The number of benzene rings is 1. The van der Waals surface area contributed by atoms with Gasteiger partial charge in [0.05, 0.1) is 17.1 Å². The number of hydrogen-bond donors (Lipinski definition) is 0. The molecule has 4 aromatic rings. The molecule has 0 aliphatic carbocycles. The smallest absolute Gasteiger partial charge is 0.326 e. The average molecular weight is 673 g/mol. The van der Waals surface area contributed by atoms with E-state index in [1.54, 1.807) is 12.1 Å². The fourth-order valence-electron chi connectivity index (χ4n) is 4.44. The van der Waals surface area contributed by atoms with Crippen LogP contribution in [0.2, 0.25) is 0 Å². The zero-order valence-corrected chi connectivity index (χ0v) is 30.0. The molecule has 0 amide bonds. The van der Waals surface area contributed by atoms with Crippen LogP contribution in [0.4, 0.5) is 0 Å². The summed E-state index contributed by atoms with van der Waals surface area (Å²) in [6.45, 7) is 25.8. The van der Waals surface area contributed by atoms with Crippen LogP contribution in [0, 0.1) is 0 Å². The molecule has 3 heterocycles. The fraction of sp³-hybridized carbons (Fsp3) is 0.531. The molecule has 9 nitrogen and oxygen atoms in total. The average Bonchev–Trinajstić information content (AvgIpc) is 3.60. The normalized spacial score (nSPS) is 11.6. The summed E-state index contributed by atoms with van der Waals surface area (Å²) >= 11 is 0. The van der Waals surface area contributed by atoms with Gasteiger partial charge in [0.1, 0.15) is 0 Å².